The van der Waals surface area contributed by atoms with E-state index in [9.17, 15) is 0 Å². The number of hydrogen-bond donors (Lipinski definition) is 0. The van der Waals surface area contributed by atoms with Gasteiger partial charge in [-0.15, -0.1) is 5.10 Å². The van der Waals surface area contributed by atoms with E-state index in [1.54, 1.807) is 17.1 Å². The van der Waals surface area contributed by atoms with Gasteiger partial charge in [-0.05, 0) is 49.6 Å². The van der Waals surface area contributed by atoms with Crippen LogP contribution in [-0.2, 0) is 11.4 Å². The van der Waals surface area contributed by atoms with Gasteiger partial charge >= 0.3 is 0 Å². The maximum absolute atomic E-state index is 5.40. The van der Waals surface area contributed by atoms with Gasteiger partial charge in [-0.25, -0.2) is 19.5 Å². The highest BCUT2D eigenvalue weighted by atomic mass is 16.6. The van der Waals surface area contributed by atoms with Crippen LogP contribution >= 0.6 is 0 Å². The first-order chi connectivity index (χ1) is 15.1. The lowest BCUT2D eigenvalue weighted by atomic mass is 10.2. The van der Waals surface area contributed by atoms with Crippen molar-refractivity contribution in [1.29, 1.82) is 0 Å². The average molecular weight is 411 g/mol. The van der Waals surface area contributed by atoms with Crippen LogP contribution in [0.25, 0.3) is 22.5 Å². The quantitative estimate of drug-likeness (QED) is 0.323. The third-order valence-electron chi connectivity index (χ3n) is 5.28. The molecule has 8 heteroatoms. The fraction of sp³-hybridized carbons (Fsp3) is 0.174. The summed E-state index contributed by atoms with van der Waals surface area (Å²) in [6.07, 6.45) is 5.15. The third-order valence-corrected chi connectivity index (χ3v) is 5.28. The number of aryl methyl sites for hydroxylation is 2. The molecule has 0 unspecified atom stereocenters. The summed E-state index contributed by atoms with van der Waals surface area (Å²) in [7, 11) is 0. The Morgan fingerprint density at radius 1 is 1.03 bits per heavy atom. The Bertz CT molecular complexity index is 1420. The molecule has 0 aliphatic carbocycles. The first-order valence-corrected chi connectivity index (χ1v) is 9.97. The van der Waals surface area contributed by atoms with E-state index in [0.29, 0.717) is 5.82 Å². The summed E-state index contributed by atoms with van der Waals surface area (Å²) >= 11 is 0. The zero-order valence-electron chi connectivity index (χ0n) is 17.5. The molecule has 8 nitrogen and oxygen atoms in total. The molecular weight excluding hydrogens is 390 g/mol. The van der Waals surface area contributed by atoms with Crippen LogP contribution in [0.4, 0.5) is 0 Å². The molecule has 4 heterocycles. The first-order valence-electron chi connectivity index (χ1n) is 9.97. The van der Waals surface area contributed by atoms with E-state index in [-0.39, 0.29) is 6.61 Å². The van der Waals surface area contributed by atoms with Crippen LogP contribution in [0.15, 0.2) is 60.1 Å². The predicted octanol–water partition coefficient (Wildman–Crippen LogP) is 3.94. The van der Waals surface area contributed by atoms with Crippen molar-refractivity contribution in [3.63, 3.8) is 0 Å². The van der Waals surface area contributed by atoms with Gasteiger partial charge in [0.05, 0.1) is 11.6 Å². The summed E-state index contributed by atoms with van der Waals surface area (Å²) in [4.78, 5) is 19.3. The summed E-state index contributed by atoms with van der Waals surface area (Å²) in [6.45, 7) is 6.36. The third kappa shape index (κ3) is 3.42. The Kier molecular flexibility index (Phi) is 4.66. The van der Waals surface area contributed by atoms with Gasteiger partial charge < -0.3 is 4.84 Å². The van der Waals surface area contributed by atoms with Crippen LogP contribution in [0.5, 0.6) is 0 Å². The fourth-order valence-electron chi connectivity index (χ4n) is 3.62. The van der Waals surface area contributed by atoms with Crippen molar-refractivity contribution in [2.45, 2.75) is 27.4 Å². The number of aromatic nitrogens is 6. The number of pyridine rings is 1. The number of oxime groups is 1. The molecule has 0 amide bonds. The second kappa shape index (κ2) is 7.64. The minimum absolute atomic E-state index is 0.171. The second-order valence-corrected chi connectivity index (χ2v) is 7.40. The Labute approximate surface area is 178 Å². The molecule has 0 radical (unpaired) electrons. The molecule has 5 aromatic rings. The Hall–Kier alpha value is -4.07. The molecule has 0 aliphatic rings. The van der Waals surface area contributed by atoms with Crippen molar-refractivity contribution in [3.05, 3.63) is 83.2 Å². The van der Waals surface area contributed by atoms with Gasteiger partial charge in [0.2, 0.25) is 0 Å². The lowest BCUT2D eigenvalue weighted by Crippen LogP contribution is -2.01. The standard InChI is InChI=1S/C23H21N7O/c1-15-9-10-24-20(11-15)30-17(3)16(2)21-22(30)25-14-29-23(21)27-19(28-29)13-31-26-12-18-7-5-4-6-8-18/h4-12,14H,13H2,1-3H3. The summed E-state index contributed by atoms with van der Waals surface area (Å²) < 4.78 is 3.75. The Morgan fingerprint density at radius 2 is 1.87 bits per heavy atom. The van der Waals surface area contributed by atoms with Crippen molar-refractivity contribution < 1.29 is 4.84 Å². The van der Waals surface area contributed by atoms with Gasteiger partial charge in [-0.2, -0.15) is 0 Å². The zero-order valence-corrected chi connectivity index (χ0v) is 17.5. The molecular formula is C23H21N7O. The number of hydrogen-bond acceptors (Lipinski definition) is 6. The van der Waals surface area contributed by atoms with Crippen molar-refractivity contribution in [3.8, 4) is 5.82 Å². The van der Waals surface area contributed by atoms with Crippen molar-refractivity contribution in [2.24, 2.45) is 5.16 Å². The van der Waals surface area contributed by atoms with Gasteiger partial charge in [0, 0.05) is 11.9 Å². The second-order valence-electron chi connectivity index (χ2n) is 7.40. The average Bonchev–Trinajstić information content (AvgIpc) is 3.30. The molecule has 0 spiro atoms. The monoisotopic (exact) mass is 411 g/mol. The van der Waals surface area contributed by atoms with Crippen LogP contribution < -0.4 is 0 Å². The van der Waals surface area contributed by atoms with Crippen LogP contribution in [0.2, 0.25) is 0 Å². The molecule has 154 valence electrons. The minimum Gasteiger partial charge on any atom is -0.387 e. The first kappa shape index (κ1) is 18.9. The van der Waals surface area contributed by atoms with Gasteiger partial charge in [0.25, 0.3) is 0 Å². The molecule has 31 heavy (non-hydrogen) atoms. The molecule has 0 aliphatic heterocycles. The molecule has 5 rings (SSSR count). The lowest BCUT2D eigenvalue weighted by molar-refractivity contribution is 0.126. The molecule has 0 bridgehead atoms. The van der Waals surface area contributed by atoms with Crippen molar-refractivity contribution >= 4 is 22.9 Å². The molecule has 0 fully saturated rings. The van der Waals surface area contributed by atoms with E-state index in [1.165, 1.54) is 0 Å². The number of fused-ring (bicyclic) bond motifs is 3. The van der Waals surface area contributed by atoms with Crippen LogP contribution in [0.1, 0.15) is 28.2 Å². The topological polar surface area (TPSA) is 82.5 Å². The maximum Gasteiger partial charge on any atom is 0.192 e. The number of rotatable bonds is 5. The van der Waals surface area contributed by atoms with Gasteiger partial charge in [0.1, 0.15) is 12.1 Å². The minimum atomic E-state index is 0.171. The molecule has 0 saturated heterocycles. The highest BCUT2D eigenvalue weighted by molar-refractivity contribution is 5.94. The predicted molar refractivity (Wildman–Crippen MR) is 118 cm³/mol. The Balaban J connectivity index is 1.50. The van der Waals surface area contributed by atoms with E-state index in [1.807, 2.05) is 48.7 Å². The van der Waals surface area contributed by atoms with E-state index >= 15 is 0 Å². The maximum atomic E-state index is 5.40. The summed E-state index contributed by atoms with van der Waals surface area (Å²) in [5.74, 6) is 1.38. The molecule has 0 atom stereocenters. The van der Waals surface area contributed by atoms with Crippen LogP contribution in [-0.4, -0.2) is 35.3 Å². The Morgan fingerprint density at radius 3 is 2.68 bits per heavy atom. The summed E-state index contributed by atoms with van der Waals surface area (Å²) in [6, 6.07) is 13.8. The van der Waals surface area contributed by atoms with E-state index < -0.39 is 0 Å². The lowest BCUT2D eigenvalue weighted by Gasteiger charge is -2.07. The molecule has 1 aromatic carbocycles. The van der Waals surface area contributed by atoms with E-state index in [0.717, 1.165) is 44.9 Å². The number of nitrogens with zero attached hydrogens (tertiary/aromatic N) is 7. The molecule has 0 saturated carbocycles. The highest BCUT2D eigenvalue weighted by Crippen LogP contribution is 2.29. The van der Waals surface area contributed by atoms with Gasteiger partial charge in [-0.3, -0.25) is 4.57 Å². The molecule has 4 aromatic heterocycles. The van der Waals surface area contributed by atoms with Gasteiger partial charge in [-0.1, -0.05) is 35.5 Å². The normalized spacial score (nSPS) is 11.7. The van der Waals surface area contributed by atoms with Crippen molar-refractivity contribution in [1.82, 2.24) is 29.1 Å². The SMILES string of the molecule is Cc1ccnc(-n2c(C)c(C)c3c2ncn2nc(CON=Cc4ccccc4)nc32)c1. The van der Waals surface area contributed by atoms with Crippen LogP contribution in [0.3, 0.4) is 0 Å². The van der Waals surface area contributed by atoms with E-state index in [4.69, 9.17) is 9.82 Å². The zero-order chi connectivity index (χ0) is 21.4. The molecule has 0 N–H and O–H groups in total. The van der Waals surface area contributed by atoms with Crippen molar-refractivity contribution in [2.75, 3.05) is 0 Å². The van der Waals surface area contributed by atoms with E-state index in [2.05, 4.69) is 45.6 Å². The van der Waals surface area contributed by atoms with Crippen LogP contribution in [0, 0.1) is 20.8 Å². The highest BCUT2D eigenvalue weighted by Gasteiger charge is 2.19. The summed E-state index contributed by atoms with van der Waals surface area (Å²) in [5, 5.41) is 9.46. The smallest absolute Gasteiger partial charge is 0.192 e. The summed E-state index contributed by atoms with van der Waals surface area (Å²) in [5.41, 5.74) is 5.82. The largest absolute Gasteiger partial charge is 0.387 e. The van der Waals surface area contributed by atoms with Gasteiger partial charge in [0.15, 0.2) is 23.7 Å². The number of benzene rings is 1. The fourth-order valence-corrected chi connectivity index (χ4v) is 3.62.